The molecule has 0 bridgehead atoms. The minimum absolute atomic E-state index is 0.00287. The third-order valence-corrected chi connectivity index (χ3v) is 6.14. The molecular formula is C20H20F6O3S. The van der Waals surface area contributed by atoms with Crippen LogP contribution in [0.15, 0.2) is 59.5 Å². The summed E-state index contributed by atoms with van der Waals surface area (Å²) in [6.07, 6.45) is -11.2. The molecule has 0 aliphatic heterocycles. The van der Waals surface area contributed by atoms with Crippen molar-refractivity contribution in [2.45, 2.75) is 48.4 Å². The Hall–Kier alpha value is -2.07. The molecular weight excluding hydrogens is 434 g/mol. The van der Waals surface area contributed by atoms with Gasteiger partial charge in [-0.1, -0.05) is 55.8 Å². The molecule has 2 aromatic rings. The lowest BCUT2D eigenvalue weighted by atomic mass is 9.91. The summed E-state index contributed by atoms with van der Waals surface area (Å²) in [4.78, 5) is -0.00287. The van der Waals surface area contributed by atoms with Crippen LogP contribution in [0.4, 0.5) is 26.3 Å². The second-order valence-electron chi connectivity index (χ2n) is 6.65. The monoisotopic (exact) mass is 454 g/mol. The zero-order chi connectivity index (χ0) is 22.6. The van der Waals surface area contributed by atoms with E-state index >= 15 is 0 Å². The van der Waals surface area contributed by atoms with Crippen LogP contribution in [0.3, 0.4) is 0 Å². The van der Waals surface area contributed by atoms with E-state index in [1.807, 2.05) is 0 Å². The van der Waals surface area contributed by atoms with Crippen LogP contribution in [0.25, 0.3) is 0 Å². The smallest absolute Gasteiger partial charge is 0.354 e. The van der Waals surface area contributed by atoms with Gasteiger partial charge >= 0.3 is 12.4 Å². The van der Waals surface area contributed by atoms with Crippen molar-refractivity contribution in [2.24, 2.45) is 0 Å². The summed E-state index contributed by atoms with van der Waals surface area (Å²) in [7, 11) is -3.81. The number of unbranched alkanes of at least 4 members (excludes halogenated alkanes) is 1. The zero-order valence-electron chi connectivity index (χ0n) is 15.9. The van der Waals surface area contributed by atoms with E-state index in [4.69, 9.17) is 0 Å². The molecule has 0 spiro atoms. The first-order chi connectivity index (χ1) is 13.8. The third-order valence-electron chi connectivity index (χ3n) is 4.43. The molecule has 0 unspecified atom stereocenters. The molecule has 0 N–H and O–H groups in total. The molecule has 166 valence electrons. The zero-order valence-corrected chi connectivity index (χ0v) is 16.7. The van der Waals surface area contributed by atoms with Crippen molar-refractivity contribution < 1.29 is 39.5 Å². The van der Waals surface area contributed by atoms with Crippen LogP contribution in [0, 0.1) is 0 Å². The molecule has 10 heteroatoms. The minimum atomic E-state index is -5.77. The second-order valence-corrected chi connectivity index (χ2v) is 8.64. The van der Waals surface area contributed by atoms with E-state index in [1.54, 1.807) is 13.0 Å². The van der Waals surface area contributed by atoms with Gasteiger partial charge in [-0.15, -0.1) is 0 Å². The first kappa shape index (κ1) is 24.2. The maximum Gasteiger partial charge on any atom is 0.430 e. The predicted octanol–water partition coefficient (Wildman–Crippen LogP) is 5.80. The van der Waals surface area contributed by atoms with Crippen molar-refractivity contribution in [1.82, 2.24) is 0 Å². The number of ether oxygens (including phenoxy) is 1. The van der Waals surface area contributed by atoms with Crippen molar-refractivity contribution in [2.75, 3.05) is 6.61 Å². The maximum absolute atomic E-state index is 13.6. The topological polar surface area (TPSA) is 43.4 Å². The van der Waals surface area contributed by atoms with Gasteiger partial charge in [0.05, 0.1) is 10.6 Å². The van der Waals surface area contributed by atoms with Gasteiger partial charge in [-0.05, 0) is 24.1 Å². The highest BCUT2D eigenvalue weighted by molar-refractivity contribution is 7.90. The number of sulfone groups is 1. The van der Waals surface area contributed by atoms with E-state index < -0.39 is 45.7 Å². The molecule has 0 atom stereocenters. The third kappa shape index (κ3) is 4.97. The molecule has 30 heavy (non-hydrogen) atoms. The van der Waals surface area contributed by atoms with Crippen molar-refractivity contribution in [1.29, 1.82) is 0 Å². The summed E-state index contributed by atoms with van der Waals surface area (Å²) in [6, 6.07) is 10.4. The van der Waals surface area contributed by atoms with Crippen LogP contribution >= 0.6 is 0 Å². The van der Waals surface area contributed by atoms with E-state index in [9.17, 15) is 34.8 Å². The van der Waals surface area contributed by atoms with Gasteiger partial charge in [0.25, 0.3) is 5.60 Å². The van der Waals surface area contributed by atoms with Gasteiger partial charge in [-0.3, -0.25) is 0 Å². The first-order valence-electron chi connectivity index (χ1n) is 9.00. The Balaban J connectivity index is 2.42. The van der Waals surface area contributed by atoms with E-state index in [0.717, 1.165) is 12.1 Å². The number of benzene rings is 2. The van der Waals surface area contributed by atoms with Gasteiger partial charge in [-0.25, -0.2) is 8.42 Å². The van der Waals surface area contributed by atoms with Crippen LogP contribution in [0.5, 0.6) is 0 Å². The van der Waals surface area contributed by atoms with Gasteiger partial charge in [0, 0.05) is 12.2 Å². The van der Waals surface area contributed by atoms with Gasteiger partial charge < -0.3 is 4.74 Å². The number of halogens is 6. The lowest BCUT2D eigenvalue weighted by molar-refractivity contribution is -0.389. The fraction of sp³-hybridized carbons (Fsp3) is 0.400. The summed E-state index contributed by atoms with van der Waals surface area (Å²) in [5.41, 5.74) is -5.60. The lowest BCUT2D eigenvalue weighted by Gasteiger charge is -2.37. The predicted molar refractivity (Wildman–Crippen MR) is 98.4 cm³/mol. The number of rotatable bonds is 8. The van der Waals surface area contributed by atoms with Gasteiger partial charge in [0.1, 0.15) is 0 Å². The van der Waals surface area contributed by atoms with Crippen molar-refractivity contribution >= 4 is 9.84 Å². The second kappa shape index (κ2) is 8.97. The summed E-state index contributed by atoms with van der Waals surface area (Å²) in [5.74, 6) is -0.570. The van der Waals surface area contributed by atoms with Crippen molar-refractivity contribution in [3.8, 4) is 0 Å². The summed E-state index contributed by atoms with van der Waals surface area (Å²) >= 11 is 0. The standard InChI is InChI=1S/C20H20F6O3S/c1-2-3-13-29-18(19(21,22)23,20(24,25)26)16-11-9-15(10-12-16)14-30(27,28)17-7-5-4-6-8-17/h4-12H,2-3,13-14H2,1H3. The molecule has 3 nitrogen and oxygen atoms in total. The average molecular weight is 454 g/mol. The van der Waals surface area contributed by atoms with E-state index in [2.05, 4.69) is 4.74 Å². The molecule has 0 radical (unpaired) electrons. The molecule has 0 saturated carbocycles. The lowest BCUT2D eigenvalue weighted by Crippen LogP contribution is -2.56. The van der Waals surface area contributed by atoms with Crippen LogP contribution in [-0.2, 0) is 25.9 Å². The number of hydrogen-bond acceptors (Lipinski definition) is 3. The Labute approximate surface area is 170 Å². The Morgan fingerprint density at radius 3 is 1.83 bits per heavy atom. The fourth-order valence-electron chi connectivity index (χ4n) is 2.87. The Morgan fingerprint density at radius 2 is 1.37 bits per heavy atom. The van der Waals surface area contributed by atoms with E-state index in [0.29, 0.717) is 18.6 Å². The summed E-state index contributed by atoms with van der Waals surface area (Å²) in [5, 5.41) is 0. The highest BCUT2D eigenvalue weighted by Crippen LogP contribution is 2.53. The molecule has 0 aliphatic carbocycles. The Kier molecular flexibility index (Phi) is 7.24. The van der Waals surface area contributed by atoms with Crippen LogP contribution in [0.2, 0.25) is 0 Å². The normalized spacial score (nSPS) is 13.4. The van der Waals surface area contributed by atoms with Crippen LogP contribution in [-0.4, -0.2) is 27.4 Å². The average Bonchev–Trinajstić information content (AvgIpc) is 2.64. The quantitative estimate of drug-likeness (QED) is 0.374. The van der Waals surface area contributed by atoms with Crippen LogP contribution in [0.1, 0.15) is 30.9 Å². The molecule has 0 aromatic heterocycles. The SMILES string of the molecule is CCCCOC(c1ccc(CS(=O)(=O)c2ccccc2)cc1)(C(F)(F)F)C(F)(F)F. The van der Waals surface area contributed by atoms with Gasteiger partial charge in [0.2, 0.25) is 0 Å². The number of hydrogen-bond donors (Lipinski definition) is 0. The largest absolute Gasteiger partial charge is 0.430 e. The molecule has 2 aromatic carbocycles. The summed E-state index contributed by atoms with van der Waals surface area (Å²) < 4.78 is 111. The van der Waals surface area contributed by atoms with E-state index in [1.165, 1.54) is 24.3 Å². The fourth-order valence-corrected chi connectivity index (χ4v) is 4.24. The minimum Gasteiger partial charge on any atom is -0.354 e. The van der Waals surface area contributed by atoms with Gasteiger partial charge in [0.15, 0.2) is 9.84 Å². The Morgan fingerprint density at radius 1 is 0.833 bits per heavy atom. The van der Waals surface area contributed by atoms with E-state index in [-0.39, 0.29) is 16.9 Å². The molecule has 2 rings (SSSR count). The van der Waals surface area contributed by atoms with Crippen LogP contribution < -0.4 is 0 Å². The summed E-state index contributed by atoms with van der Waals surface area (Å²) in [6.45, 7) is 0.869. The van der Waals surface area contributed by atoms with Gasteiger partial charge in [-0.2, -0.15) is 26.3 Å². The molecule has 0 fully saturated rings. The number of alkyl halides is 6. The highest BCUT2D eigenvalue weighted by Gasteiger charge is 2.73. The Bertz CT molecular complexity index is 906. The molecule has 0 heterocycles. The van der Waals surface area contributed by atoms with Crippen molar-refractivity contribution in [3.63, 3.8) is 0 Å². The van der Waals surface area contributed by atoms with Crippen molar-refractivity contribution in [3.05, 3.63) is 65.7 Å². The molecule has 0 amide bonds. The first-order valence-corrected chi connectivity index (χ1v) is 10.6. The highest BCUT2D eigenvalue weighted by atomic mass is 32.2. The maximum atomic E-state index is 13.6. The molecule has 0 saturated heterocycles. The molecule has 0 aliphatic rings.